The molecule has 61 heavy (non-hydrogen) atoms. The molecule has 10 atom stereocenters. The molecule has 2 aliphatic carbocycles. The third kappa shape index (κ3) is 12.4. The molecule has 6 rings (SSSR count). The zero-order valence-corrected chi connectivity index (χ0v) is 33.4. The number of nitrogens with one attached hydrogen (secondary N) is 3. The smallest absolute Gasteiger partial charge is 0.255 e. The van der Waals surface area contributed by atoms with Gasteiger partial charge in [-0.05, 0) is 87.1 Å². The van der Waals surface area contributed by atoms with Crippen LogP contribution in [0.3, 0.4) is 0 Å². The van der Waals surface area contributed by atoms with Crippen molar-refractivity contribution in [3.05, 3.63) is 77.9 Å². The van der Waals surface area contributed by atoms with Gasteiger partial charge in [-0.1, -0.05) is 10.4 Å². The van der Waals surface area contributed by atoms with E-state index in [0.717, 1.165) is 0 Å². The van der Waals surface area contributed by atoms with Crippen molar-refractivity contribution in [3.8, 4) is 0 Å². The quantitative estimate of drug-likeness (QED) is 0.0465. The van der Waals surface area contributed by atoms with Crippen molar-refractivity contribution >= 4 is 34.8 Å². The van der Waals surface area contributed by atoms with Crippen LogP contribution < -0.4 is 38.9 Å². The first kappa shape index (κ1) is 45.3. The summed E-state index contributed by atoms with van der Waals surface area (Å²) in [5.41, 5.74) is 26.8. The van der Waals surface area contributed by atoms with Crippen molar-refractivity contribution in [2.45, 2.75) is 112 Å². The van der Waals surface area contributed by atoms with E-state index in [1.165, 1.54) is 9.36 Å². The molecule has 15 N–H and O–H groups in total. The largest absolute Gasteiger partial charge is 0.389 e. The number of rotatable bonds is 18. The first-order valence-electron chi connectivity index (χ1n) is 20.1. The van der Waals surface area contributed by atoms with Crippen molar-refractivity contribution in [1.29, 1.82) is 0 Å². The summed E-state index contributed by atoms with van der Waals surface area (Å²) in [4.78, 5) is 38.3. The Labute approximate surface area is 350 Å². The van der Waals surface area contributed by atoms with E-state index in [4.69, 9.17) is 32.4 Å². The van der Waals surface area contributed by atoms with Crippen LogP contribution in [0.5, 0.6) is 0 Å². The number of aromatic nitrogens is 6. The number of ether oxygens (including phenoxy) is 2. The lowest BCUT2D eigenvalue weighted by Crippen LogP contribution is -2.62. The fourth-order valence-electron chi connectivity index (χ4n) is 7.27. The van der Waals surface area contributed by atoms with Crippen LogP contribution in [0, 0.1) is 0 Å². The second-order valence-electron chi connectivity index (χ2n) is 15.5. The SMILES string of the molecule is N[C@@H]1C[C@H](N)[C@@H](OCCCc2cn(CC(=O)Nc3ccc(NC(=O)c4ccc(NC(=O)Cn5cc(CCCO[C@H]6[C@H](O)[C@@H](O)[C@H](N)C[C@@H]6N)nn5)cc4)cc3)nn2)[C@H](O)[C@H]1O. The molecule has 2 aromatic carbocycles. The molecule has 2 aliphatic rings. The van der Waals surface area contributed by atoms with Crippen LogP contribution in [0.15, 0.2) is 60.9 Å². The number of aliphatic hydroxyl groups is 4. The maximum atomic E-state index is 12.9. The van der Waals surface area contributed by atoms with Gasteiger partial charge in [0.05, 0.1) is 23.6 Å². The number of aliphatic hydroxyl groups excluding tert-OH is 4. The third-order valence-corrected chi connectivity index (χ3v) is 10.6. The number of carbonyl (C=O) groups excluding carboxylic acids is 3. The number of hydrogen-bond acceptors (Lipinski definition) is 17. The standard InChI is InChI=1S/C39H55N13O9/c40-27-15-29(42)37(35(57)33(27)55)60-13-1-3-25-17-51(49-47-25)19-31(53)44-22-7-5-21(6-8-22)39(59)46-24-11-9-23(10-12-24)45-32(54)20-52-18-26(48-50-52)4-2-14-61-38-30(43)16-28(41)34(56)36(38)58/h5-12,17-18,27-30,33-38,55-58H,1-4,13-16,19-20,40-43H2,(H,44,53)(H,45,54)(H,46,59)/t27-,28-,29+,30+,33+,34+,35-,36-,37-,38-/m1/s1. The fourth-order valence-corrected chi connectivity index (χ4v) is 7.27. The molecule has 2 heterocycles. The molecule has 0 saturated heterocycles. The summed E-state index contributed by atoms with van der Waals surface area (Å²) in [6.07, 6.45) is 0.178. The van der Waals surface area contributed by atoms with E-state index in [9.17, 15) is 34.8 Å². The molecule has 2 saturated carbocycles. The van der Waals surface area contributed by atoms with Crippen molar-refractivity contribution in [1.82, 2.24) is 30.0 Å². The Morgan fingerprint density at radius 2 is 0.984 bits per heavy atom. The number of nitrogens with zero attached hydrogens (tertiary/aromatic N) is 6. The van der Waals surface area contributed by atoms with Crippen LogP contribution in [0.1, 0.15) is 47.4 Å². The zero-order valence-electron chi connectivity index (χ0n) is 33.4. The lowest BCUT2D eigenvalue weighted by Gasteiger charge is -2.39. The Morgan fingerprint density at radius 3 is 1.41 bits per heavy atom. The maximum Gasteiger partial charge on any atom is 0.255 e. The minimum Gasteiger partial charge on any atom is -0.389 e. The van der Waals surface area contributed by atoms with E-state index in [0.29, 0.717) is 72.5 Å². The van der Waals surface area contributed by atoms with Crippen molar-refractivity contribution in [2.75, 3.05) is 29.2 Å². The van der Waals surface area contributed by atoms with E-state index in [1.807, 2.05) is 0 Å². The number of benzene rings is 2. The second kappa shape index (κ2) is 21.0. The third-order valence-electron chi connectivity index (χ3n) is 10.6. The van der Waals surface area contributed by atoms with Gasteiger partial charge in [0, 0.05) is 72.4 Å². The fraction of sp³-hybridized carbons (Fsp3) is 0.513. The van der Waals surface area contributed by atoms with Crippen molar-refractivity contribution in [3.63, 3.8) is 0 Å². The summed E-state index contributed by atoms with van der Waals surface area (Å²) < 4.78 is 14.3. The number of hydrogen-bond donors (Lipinski definition) is 11. The van der Waals surface area contributed by atoms with Gasteiger partial charge in [-0.25, -0.2) is 9.36 Å². The van der Waals surface area contributed by atoms with Crippen LogP contribution in [0.25, 0.3) is 0 Å². The Hall–Kier alpha value is -5.27. The number of carbonyl (C=O) groups is 3. The maximum absolute atomic E-state index is 12.9. The Bertz CT molecular complexity index is 2050. The number of anilines is 3. The van der Waals surface area contributed by atoms with Gasteiger partial charge in [0.1, 0.15) is 37.5 Å². The average molecular weight is 850 g/mol. The summed E-state index contributed by atoms with van der Waals surface area (Å²) in [5, 5.41) is 65.1. The molecule has 0 spiro atoms. The monoisotopic (exact) mass is 849 g/mol. The normalized spacial score (nSPS) is 26.4. The Morgan fingerprint density at radius 1 is 0.590 bits per heavy atom. The molecule has 0 unspecified atom stereocenters. The highest BCUT2D eigenvalue weighted by Crippen LogP contribution is 2.23. The molecular weight excluding hydrogens is 795 g/mol. The van der Waals surface area contributed by atoms with Gasteiger partial charge >= 0.3 is 0 Å². The molecule has 0 radical (unpaired) electrons. The number of nitrogens with two attached hydrogens (primary N) is 4. The molecule has 22 nitrogen and oxygen atoms in total. The molecule has 330 valence electrons. The molecule has 0 aliphatic heterocycles. The van der Waals surface area contributed by atoms with E-state index in [1.54, 1.807) is 60.9 Å². The van der Waals surface area contributed by atoms with Gasteiger partial charge in [0.2, 0.25) is 11.8 Å². The molecular formula is C39H55N13O9. The minimum absolute atomic E-state index is 0.0767. The van der Waals surface area contributed by atoms with Gasteiger partial charge in [-0.15, -0.1) is 10.2 Å². The first-order chi connectivity index (χ1) is 29.2. The van der Waals surface area contributed by atoms with Crippen LogP contribution in [0.2, 0.25) is 0 Å². The number of amides is 3. The van der Waals surface area contributed by atoms with E-state index in [-0.39, 0.29) is 44.0 Å². The van der Waals surface area contributed by atoms with Crippen LogP contribution >= 0.6 is 0 Å². The lowest BCUT2D eigenvalue weighted by molar-refractivity contribution is -0.127. The average Bonchev–Trinajstić information content (AvgIpc) is 3.88. The van der Waals surface area contributed by atoms with Gasteiger partial charge in [-0.3, -0.25) is 14.4 Å². The van der Waals surface area contributed by atoms with Gasteiger partial charge < -0.3 is 68.8 Å². The number of aryl methyl sites for hydroxylation is 2. The van der Waals surface area contributed by atoms with E-state index >= 15 is 0 Å². The van der Waals surface area contributed by atoms with Crippen molar-refractivity contribution in [2.24, 2.45) is 22.9 Å². The molecule has 4 aromatic rings. The summed E-state index contributed by atoms with van der Waals surface area (Å²) >= 11 is 0. The van der Waals surface area contributed by atoms with E-state index in [2.05, 4.69) is 36.6 Å². The van der Waals surface area contributed by atoms with Crippen molar-refractivity contribution < 1.29 is 44.3 Å². The van der Waals surface area contributed by atoms with Crippen LogP contribution in [0.4, 0.5) is 17.1 Å². The summed E-state index contributed by atoms with van der Waals surface area (Å²) in [6.45, 7) is 0.388. The molecule has 2 fully saturated rings. The minimum atomic E-state index is -1.16. The van der Waals surface area contributed by atoms with Gasteiger partial charge in [0.15, 0.2) is 0 Å². The highest BCUT2D eigenvalue weighted by Gasteiger charge is 2.42. The molecule has 3 amide bonds. The Balaban J connectivity index is 0.862. The topological polar surface area (TPSA) is 352 Å². The van der Waals surface area contributed by atoms with Crippen LogP contribution in [-0.4, -0.2) is 142 Å². The summed E-state index contributed by atoms with van der Waals surface area (Å²) in [7, 11) is 0. The predicted molar refractivity (Wildman–Crippen MR) is 219 cm³/mol. The predicted octanol–water partition coefficient (Wildman–Crippen LogP) is -2.40. The zero-order chi connectivity index (χ0) is 43.6. The lowest BCUT2D eigenvalue weighted by atomic mass is 9.85. The Kier molecular flexibility index (Phi) is 15.6. The first-order valence-corrected chi connectivity index (χ1v) is 20.1. The highest BCUT2D eigenvalue weighted by atomic mass is 16.5. The molecule has 2 aromatic heterocycles. The van der Waals surface area contributed by atoms with Gasteiger partial charge in [0.25, 0.3) is 5.91 Å². The molecule has 0 bridgehead atoms. The second-order valence-corrected chi connectivity index (χ2v) is 15.5. The highest BCUT2D eigenvalue weighted by molar-refractivity contribution is 6.04. The van der Waals surface area contributed by atoms with E-state index < -0.39 is 60.8 Å². The summed E-state index contributed by atoms with van der Waals surface area (Å²) in [6, 6.07) is 10.8. The van der Waals surface area contributed by atoms with Gasteiger partial charge in [-0.2, -0.15) is 0 Å². The molecule has 22 heteroatoms. The summed E-state index contributed by atoms with van der Waals surface area (Å²) in [5.74, 6) is -1.05. The van der Waals surface area contributed by atoms with Crippen LogP contribution in [-0.2, 0) is 45.0 Å².